The van der Waals surface area contributed by atoms with Crippen molar-refractivity contribution in [1.29, 1.82) is 0 Å². The minimum Gasteiger partial charge on any atom is -0.287 e. The number of carbonyl (C=O) groups excluding carboxylic acids is 1. The zero-order chi connectivity index (χ0) is 18.2. The molecule has 4 rings (SSSR count). The molecular formula is C21H16BrFeN3O+2. The number of nitrogens with zero attached hydrogens (tertiary/aromatic N) is 3. The average molecular weight is 462 g/mol. The molecule has 1 aromatic carbocycles. The molecule has 0 bridgehead atoms. The van der Waals surface area contributed by atoms with Gasteiger partial charge in [0.2, 0.25) is 5.78 Å². The average Bonchev–Trinajstić information content (AvgIpc) is 3.44. The first-order chi connectivity index (χ1) is 12.7. The van der Waals surface area contributed by atoms with Gasteiger partial charge < -0.3 is 0 Å². The Morgan fingerprint density at radius 1 is 1.00 bits per heavy atom. The number of benzene rings is 1. The van der Waals surface area contributed by atoms with E-state index in [1.54, 1.807) is 18.2 Å². The molecule has 0 amide bonds. The predicted octanol–water partition coefficient (Wildman–Crippen LogP) is 4.19. The molecular weight excluding hydrogens is 446 g/mol. The molecule has 0 aliphatic heterocycles. The van der Waals surface area contributed by atoms with Gasteiger partial charge in [-0.2, -0.15) is 5.10 Å². The van der Waals surface area contributed by atoms with Crippen molar-refractivity contribution >= 4 is 27.4 Å². The number of carbonyl (C=O) groups is 1. The molecule has 0 atom stereocenters. The molecule has 10 radical (unpaired) electrons. The summed E-state index contributed by atoms with van der Waals surface area (Å²) in [5.74, 6) is 0.840. The molecule has 2 fully saturated rings. The van der Waals surface area contributed by atoms with Gasteiger partial charge in [0.1, 0.15) is 18.4 Å². The second-order valence-corrected chi connectivity index (χ2v) is 6.31. The van der Waals surface area contributed by atoms with Crippen LogP contribution < -0.4 is 0 Å². The Morgan fingerprint density at radius 2 is 1.67 bits per heavy atom. The molecule has 4 nitrogen and oxygen atoms in total. The van der Waals surface area contributed by atoms with Crippen LogP contribution in [0.5, 0.6) is 0 Å². The maximum atomic E-state index is 12.7. The first kappa shape index (κ1) is 22.1. The maximum absolute atomic E-state index is 12.7. The summed E-state index contributed by atoms with van der Waals surface area (Å²) < 4.78 is 2.34. The number of allylic oxidation sites excluding steroid dienone is 2. The first-order valence-electron chi connectivity index (χ1n) is 7.99. The number of halogens is 1. The van der Waals surface area contributed by atoms with Gasteiger partial charge in [-0.05, 0) is 76.0 Å². The minimum absolute atomic E-state index is 0. The van der Waals surface area contributed by atoms with E-state index in [2.05, 4.69) is 26.0 Å². The van der Waals surface area contributed by atoms with E-state index in [0.29, 0.717) is 11.3 Å². The van der Waals surface area contributed by atoms with E-state index in [0.717, 1.165) is 10.4 Å². The maximum Gasteiger partial charge on any atom is 2.00 e. The zero-order valence-electron chi connectivity index (χ0n) is 14.2. The Morgan fingerprint density at radius 3 is 2.22 bits per heavy atom. The van der Waals surface area contributed by atoms with Crippen molar-refractivity contribution in [3.05, 3.63) is 117 Å². The molecule has 27 heavy (non-hydrogen) atoms. The van der Waals surface area contributed by atoms with Crippen molar-refractivity contribution in [2.75, 3.05) is 0 Å². The fourth-order valence-electron chi connectivity index (χ4n) is 2.31. The molecule has 2 aliphatic rings. The van der Waals surface area contributed by atoms with Crippen LogP contribution in [-0.2, 0) is 17.1 Å². The fraction of sp³-hybridized carbons (Fsp3) is 0. The third-order valence-electron chi connectivity index (χ3n) is 3.53. The summed E-state index contributed by atoms with van der Waals surface area (Å²) in [6.45, 7) is 0. The molecule has 1 aromatic heterocycles. The molecule has 0 unspecified atom stereocenters. The first-order valence-corrected chi connectivity index (χ1v) is 8.79. The SMILES string of the molecule is O=C(/C(=C/[C]1[CH][CH][CH][CH]1)n1cncn1)c1cccc(Br)c1.[CH]1[CH][CH][CH][CH]1.[Fe+2]. The quantitative estimate of drug-likeness (QED) is 0.389. The summed E-state index contributed by atoms with van der Waals surface area (Å²) >= 11 is 3.38. The third kappa shape index (κ3) is 6.70. The summed E-state index contributed by atoms with van der Waals surface area (Å²) in [5.41, 5.74) is 1.05. The normalized spacial score (nSPS) is 17.1. The Bertz CT molecular complexity index is 728. The van der Waals surface area contributed by atoms with Crippen LogP contribution in [0.3, 0.4) is 0 Å². The van der Waals surface area contributed by atoms with E-state index in [-0.39, 0.29) is 22.9 Å². The Labute approximate surface area is 180 Å². The molecule has 0 N–H and O–H groups in total. The molecule has 0 saturated heterocycles. The number of Topliss-reactive ketones (excluding diaryl/α,β-unsaturated/α-hetero) is 1. The van der Waals surface area contributed by atoms with Gasteiger partial charge in [-0.1, -0.05) is 28.1 Å². The summed E-state index contributed by atoms with van der Waals surface area (Å²) in [4.78, 5) is 16.7. The van der Waals surface area contributed by atoms with E-state index < -0.39 is 0 Å². The predicted molar refractivity (Wildman–Crippen MR) is 105 cm³/mol. The van der Waals surface area contributed by atoms with Crippen molar-refractivity contribution in [3.8, 4) is 0 Å². The van der Waals surface area contributed by atoms with Crippen molar-refractivity contribution in [1.82, 2.24) is 14.8 Å². The fourth-order valence-corrected chi connectivity index (χ4v) is 2.71. The molecule has 2 saturated carbocycles. The van der Waals surface area contributed by atoms with Crippen LogP contribution in [0, 0.1) is 63.7 Å². The molecule has 1 heterocycles. The number of hydrogen-bond acceptors (Lipinski definition) is 3. The summed E-state index contributed by atoms with van der Waals surface area (Å²) in [6.07, 6.45) is 22.5. The van der Waals surface area contributed by atoms with E-state index in [1.165, 1.54) is 17.3 Å². The standard InChI is InChI=1S/C16H11BrN3O.C5H5.Fe/c17-14-7-3-6-13(9-14)16(21)15(20-11-18-10-19-20)8-12-4-1-2-5-12;1-2-4-5-3-1;/h1-11H;1-5H;/q;;+2/b15-8-;;. The Balaban J connectivity index is 0.000000379. The molecule has 6 heteroatoms. The largest absolute Gasteiger partial charge is 2.00 e. The van der Waals surface area contributed by atoms with E-state index in [1.807, 2.05) is 69.9 Å². The van der Waals surface area contributed by atoms with Crippen molar-refractivity contribution in [3.63, 3.8) is 0 Å². The van der Waals surface area contributed by atoms with Gasteiger partial charge in [0, 0.05) is 16.0 Å². The van der Waals surface area contributed by atoms with Gasteiger partial charge in [-0.15, -0.1) is 0 Å². The minimum atomic E-state index is -0.108. The van der Waals surface area contributed by atoms with Gasteiger partial charge in [-0.25, -0.2) is 9.67 Å². The number of hydrogen-bond donors (Lipinski definition) is 0. The van der Waals surface area contributed by atoms with Crippen LogP contribution >= 0.6 is 15.9 Å². The molecule has 2 aliphatic carbocycles. The Kier molecular flexibility index (Phi) is 9.46. The summed E-state index contributed by atoms with van der Waals surface area (Å²) in [7, 11) is 0. The molecule has 134 valence electrons. The van der Waals surface area contributed by atoms with Crippen LogP contribution in [0.2, 0.25) is 0 Å². The van der Waals surface area contributed by atoms with Crippen molar-refractivity contribution in [2.45, 2.75) is 0 Å². The van der Waals surface area contributed by atoms with Crippen molar-refractivity contribution < 1.29 is 21.9 Å². The van der Waals surface area contributed by atoms with Crippen molar-refractivity contribution in [2.24, 2.45) is 0 Å². The number of rotatable bonds is 4. The van der Waals surface area contributed by atoms with Crippen LogP contribution in [0.25, 0.3) is 5.70 Å². The monoisotopic (exact) mass is 461 g/mol. The van der Waals surface area contributed by atoms with E-state index >= 15 is 0 Å². The summed E-state index contributed by atoms with van der Waals surface area (Å²) in [5, 5.41) is 4.07. The van der Waals surface area contributed by atoms with E-state index in [9.17, 15) is 4.79 Å². The van der Waals surface area contributed by atoms with Crippen LogP contribution in [0.4, 0.5) is 0 Å². The number of aromatic nitrogens is 3. The smallest absolute Gasteiger partial charge is 0.287 e. The second kappa shape index (κ2) is 11.6. The Hall–Kier alpha value is -1.23. The van der Waals surface area contributed by atoms with E-state index in [4.69, 9.17) is 0 Å². The second-order valence-electron chi connectivity index (χ2n) is 5.39. The van der Waals surface area contributed by atoms with Crippen LogP contribution in [0.1, 0.15) is 10.4 Å². The third-order valence-corrected chi connectivity index (χ3v) is 4.03. The van der Waals surface area contributed by atoms with Gasteiger partial charge >= 0.3 is 17.1 Å². The topological polar surface area (TPSA) is 47.8 Å². The molecule has 0 spiro atoms. The number of ketones is 1. The summed E-state index contributed by atoms with van der Waals surface area (Å²) in [6, 6.07) is 7.28. The van der Waals surface area contributed by atoms with Gasteiger partial charge in [0.15, 0.2) is 0 Å². The zero-order valence-corrected chi connectivity index (χ0v) is 16.9. The van der Waals surface area contributed by atoms with Crippen LogP contribution in [-0.4, -0.2) is 20.5 Å². The van der Waals surface area contributed by atoms with Gasteiger partial charge in [0.25, 0.3) is 0 Å². The van der Waals surface area contributed by atoms with Gasteiger partial charge in [-0.3, -0.25) is 4.79 Å². The molecule has 2 aromatic rings. The van der Waals surface area contributed by atoms with Crippen LogP contribution in [0.15, 0.2) is 47.5 Å². The van der Waals surface area contributed by atoms with Gasteiger partial charge in [0.05, 0.1) is 0 Å².